The fraction of sp³-hybridized carbons (Fsp3) is 0.200. The lowest BCUT2D eigenvalue weighted by Gasteiger charge is -2.01. The predicted octanol–water partition coefficient (Wildman–Crippen LogP) is 2.29. The van der Waals surface area contributed by atoms with Crippen LogP contribution in [0.25, 0.3) is 11.0 Å². The fourth-order valence-electron chi connectivity index (χ4n) is 1.27. The maximum atomic E-state index is 13.3. The number of carbonyl (C=O) groups excluding carboxylic acids is 1. The molecule has 1 heterocycles. The molecule has 2 amide bonds. The molecule has 0 atom stereocenters. The van der Waals surface area contributed by atoms with Crippen LogP contribution < -0.4 is 10.0 Å². The molecule has 17 heavy (non-hydrogen) atoms. The summed E-state index contributed by atoms with van der Waals surface area (Å²) in [4.78, 5) is 11.2. The number of hydrogen-bond donors (Lipinski definition) is 2. The molecule has 2 rings (SSSR count). The van der Waals surface area contributed by atoms with Crippen molar-refractivity contribution < 1.29 is 13.7 Å². The molecule has 0 spiro atoms. The molecule has 0 unspecified atom stereocenters. The molecule has 0 aliphatic heterocycles. The van der Waals surface area contributed by atoms with Crippen LogP contribution in [0.1, 0.15) is 6.92 Å². The summed E-state index contributed by atoms with van der Waals surface area (Å²) in [5, 5.41) is 7.21. The van der Waals surface area contributed by atoms with Crippen molar-refractivity contribution in [3.05, 3.63) is 24.0 Å². The highest BCUT2D eigenvalue weighted by atomic mass is 32.2. The third-order valence-electron chi connectivity index (χ3n) is 1.99. The van der Waals surface area contributed by atoms with E-state index in [0.717, 1.165) is 11.9 Å². The molecule has 0 saturated heterocycles. The topological polar surface area (TPSA) is 67.2 Å². The molecule has 2 N–H and O–H groups in total. The summed E-state index contributed by atoms with van der Waals surface area (Å²) in [5.41, 5.74) is 0.0905. The number of halogens is 1. The number of fused-ring (bicyclic) bond motifs is 1. The van der Waals surface area contributed by atoms with E-state index < -0.39 is 5.82 Å². The Balaban J connectivity index is 2.14. The number of para-hydroxylation sites is 1. The number of aromatic nitrogens is 1. The third kappa shape index (κ3) is 2.50. The van der Waals surface area contributed by atoms with E-state index in [1.165, 1.54) is 6.07 Å². The molecule has 2 aromatic rings. The minimum absolute atomic E-state index is 0.0905. The maximum Gasteiger partial charge on any atom is 0.325 e. The Bertz CT molecular complexity index is 543. The molecular weight excluding hydrogens is 245 g/mol. The zero-order valence-electron chi connectivity index (χ0n) is 8.99. The number of hydrogen-bond acceptors (Lipinski definition) is 4. The Morgan fingerprint density at radius 2 is 2.41 bits per heavy atom. The standard InChI is InChI=1S/C10H10FN3O2S/c1-2-12-10(15)14-17-9-6-4-3-5-7(11)8(6)16-13-9/h3-5H,2H2,1H3,(H2,12,14,15). The Labute approximate surface area is 101 Å². The third-order valence-corrected chi connectivity index (χ3v) is 2.77. The Kier molecular flexibility index (Phi) is 3.48. The van der Waals surface area contributed by atoms with Crippen LogP contribution in [0.15, 0.2) is 27.7 Å². The number of benzene rings is 1. The number of amides is 2. The average Bonchev–Trinajstić information content (AvgIpc) is 2.72. The first-order chi connectivity index (χ1) is 8.22. The lowest BCUT2D eigenvalue weighted by molar-refractivity contribution is 0.247. The van der Waals surface area contributed by atoms with Crippen LogP contribution >= 0.6 is 11.9 Å². The second-order valence-electron chi connectivity index (χ2n) is 3.17. The largest absolute Gasteiger partial charge is 0.352 e. The van der Waals surface area contributed by atoms with Crippen LogP contribution in [0.4, 0.5) is 9.18 Å². The van der Waals surface area contributed by atoms with Gasteiger partial charge in [0, 0.05) is 18.5 Å². The van der Waals surface area contributed by atoms with E-state index in [9.17, 15) is 9.18 Å². The van der Waals surface area contributed by atoms with E-state index in [1.807, 2.05) is 6.92 Å². The highest BCUT2D eigenvalue weighted by Crippen LogP contribution is 2.26. The summed E-state index contributed by atoms with van der Waals surface area (Å²) < 4.78 is 20.7. The van der Waals surface area contributed by atoms with E-state index >= 15 is 0 Å². The van der Waals surface area contributed by atoms with E-state index in [-0.39, 0.29) is 11.6 Å². The van der Waals surface area contributed by atoms with Crippen LogP contribution in [0, 0.1) is 5.82 Å². The van der Waals surface area contributed by atoms with Gasteiger partial charge in [-0.05, 0) is 19.1 Å². The van der Waals surface area contributed by atoms with Gasteiger partial charge in [-0.3, -0.25) is 4.72 Å². The number of nitrogens with zero attached hydrogens (tertiary/aromatic N) is 1. The van der Waals surface area contributed by atoms with E-state index in [2.05, 4.69) is 15.2 Å². The fourth-order valence-corrected chi connectivity index (χ4v) is 1.88. The first-order valence-electron chi connectivity index (χ1n) is 4.97. The van der Waals surface area contributed by atoms with E-state index in [0.29, 0.717) is 17.0 Å². The van der Waals surface area contributed by atoms with Gasteiger partial charge in [0.05, 0.1) is 5.39 Å². The number of nitrogens with one attached hydrogen (secondary N) is 2. The van der Waals surface area contributed by atoms with Crippen LogP contribution in [-0.2, 0) is 0 Å². The molecule has 1 aromatic heterocycles. The molecule has 0 saturated carbocycles. The summed E-state index contributed by atoms with van der Waals surface area (Å²) in [6.07, 6.45) is 0. The molecule has 0 aliphatic carbocycles. The van der Waals surface area contributed by atoms with Gasteiger partial charge in [-0.2, -0.15) is 0 Å². The number of rotatable bonds is 3. The highest BCUT2D eigenvalue weighted by molar-refractivity contribution is 7.98. The van der Waals surface area contributed by atoms with Gasteiger partial charge in [-0.15, -0.1) is 0 Å². The summed E-state index contributed by atoms with van der Waals surface area (Å²) in [6.45, 7) is 2.34. The molecule has 0 radical (unpaired) electrons. The first kappa shape index (κ1) is 11.7. The minimum Gasteiger partial charge on any atom is -0.352 e. The van der Waals surface area contributed by atoms with Gasteiger partial charge in [-0.1, -0.05) is 11.2 Å². The smallest absolute Gasteiger partial charge is 0.325 e. The summed E-state index contributed by atoms with van der Waals surface area (Å²) in [7, 11) is 0. The van der Waals surface area contributed by atoms with Crippen LogP contribution in [0.2, 0.25) is 0 Å². The monoisotopic (exact) mass is 255 g/mol. The molecule has 1 aromatic carbocycles. The normalized spacial score (nSPS) is 10.5. The van der Waals surface area contributed by atoms with Gasteiger partial charge in [0.15, 0.2) is 10.8 Å². The van der Waals surface area contributed by atoms with E-state index in [1.54, 1.807) is 12.1 Å². The van der Waals surface area contributed by atoms with Crippen molar-refractivity contribution in [1.29, 1.82) is 0 Å². The highest BCUT2D eigenvalue weighted by Gasteiger charge is 2.13. The van der Waals surface area contributed by atoms with Gasteiger partial charge < -0.3 is 9.84 Å². The van der Waals surface area contributed by atoms with Crippen molar-refractivity contribution in [2.24, 2.45) is 0 Å². The lowest BCUT2D eigenvalue weighted by atomic mass is 10.3. The van der Waals surface area contributed by atoms with Crippen molar-refractivity contribution >= 4 is 28.9 Å². The Morgan fingerprint density at radius 3 is 3.18 bits per heavy atom. The molecule has 7 heteroatoms. The van der Waals surface area contributed by atoms with Crippen molar-refractivity contribution in [2.45, 2.75) is 11.9 Å². The lowest BCUT2D eigenvalue weighted by Crippen LogP contribution is -2.30. The SMILES string of the molecule is CCNC(=O)NSc1noc2c(F)cccc12. The van der Waals surface area contributed by atoms with Gasteiger partial charge in [0.1, 0.15) is 0 Å². The molecular formula is C10H10FN3O2S. The van der Waals surface area contributed by atoms with Gasteiger partial charge in [-0.25, -0.2) is 9.18 Å². The van der Waals surface area contributed by atoms with Crippen LogP contribution in [-0.4, -0.2) is 17.7 Å². The molecule has 0 aliphatic rings. The predicted molar refractivity (Wildman–Crippen MR) is 62.0 cm³/mol. The minimum atomic E-state index is -0.472. The second kappa shape index (κ2) is 5.05. The molecule has 5 nitrogen and oxygen atoms in total. The molecule has 0 fully saturated rings. The van der Waals surface area contributed by atoms with Gasteiger partial charge in [0.2, 0.25) is 5.58 Å². The molecule has 0 bridgehead atoms. The quantitative estimate of drug-likeness (QED) is 0.826. The van der Waals surface area contributed by atoms with Gasteiger partial charge >= 0.3 is 6.03 Å². The van der Waals surface area contributed by atoms with Crippen molar-refractivity contribution in [1.82, 2.24) is 15.2 Å². The first-order valence-corrected chi connectivity index (χ1v) is 5.78. The zero-order valence-corrected chi connectivity index (χ0v) is 9.81. The maximum absolute atomic E-state index is 13.3. The number of urea groups is 1. The van der Waals surface area contributed by atoms with Crippen molar-refractivity contribution in [2.75, 3.05) is 6.54 Å². The molecule has 90 valence electrons. The van der Waals surface area contributed by atoms with Crippen LogP contribution in [0.5, 0.6) is 0 Å². The summed E-state index contributed by atoms with van der Waals surface area (Å²) in [5.74, 6) is -0.472. The van der Waals surface area contributed by atoms with Crippen molar-refractivity contribution in [3.8, 4) is 0 Å². The van der Waals surface area contributed by atoms with E-state index in [4.69, 9.17) is 4.52 Å². The summed E-state index contributed by atoms with van der Waals surface area (Å²) in [6, 6.07) is 4.20. The Morgan fingerprint density at radius 1 is 1.59 bits per heavy atom. The zero-order chi connectivity index (χ0) is 12.3. The number of carbonyl (C=O) groups is 1. The Hall–Kier alpha value is -1.76. The second-order valence-corrected chi connectivity index (χ2v) is 3.96. The summed E-state index contributed by atoms with van der Waals surface area (Å²) >= 11 is 0.980. The average molecular weight is 255 g/mol. The van der Waals surface area contributed by atoms with Crippen LogP contribution in [0.3, 0.4) is 0 Å². The van der Waals surface area contributed by atoms with Crippen molar-refractivity contribution in [3.63, 3.8) is 0 Å². The van der Waals surface area contributed by atoms with Gasteiger partial charge in [0.25, 0.3) is 0 Å².